The van der Waals surface area contributed by atoms with Crippen LogP contribution in [0.3, 0.4) is 0 Å². The summed E-state index contributed by atoms with van der Waals surface area (Å²) in [5.41, 5.74) is 0. The quantitative estimate of drug-likeness (QED) is 0.313. The van der Waals surface area contributed by atoms with E-state index in [9.17, 15) is 0 Å². The summed E-state index contributed by atoms with van der Waals surface area (Å²) in [6.45, 7) is 0. The molecule has 0 saturated heterocycles. The van der Waals surface area contributed by atoms with Gasteiger partial charge in [-0.05, 0) is 0 Å². The van der Waals surface area contributed by atoms with Gasteiger partial charge in [0.2, 0.25) is 0 Å². The zero-order chi connectivity index (χ0) is 9.00. The maximum Gasteiger partial charge on any atom is 4.00 e. The third-order valence-corrected chi connectivity index (χ3v) is 0. The number of phosphoric acid groups is 2. The van der Waals surface area contributed by atoms with Gasteiger partial charge in [-0.25, -0.2) is 0 Å². The molecule has 0 bridgehead atoms. The summed E-state index contributed by atoms with van der Waals surface area (Å²) >= 11 is 0. The monoisotopic (exact) mass is 320 g/mol. The zero-order valence-electron chi connectivity index (χ0n) is 5.37. The summed E-state index contributed by atoms with van der Waals surface area (Å²) in [5.74, 6) is 0. The second kappa shape index (κ2) is 9.90. The summed E-state index contributed by atoms with van der Waals surface area (Å²) < 4.78 is 17.1. The van der Waals surface area contributed by atoms with Crippen LogP contribution < -0.4 is 29.4 Å². The van der Waals surface area contributed by atoms with Gasteiger partial charge in [-0.3, -0.25) is 0 Å². The number of hydrogen-bond donors (Lipinski definition) is 0. The van der Waals surface area contributed by atoms with E-state index in [1.165, 1.54) is 0 Å². The van der Waals surface area contributed by atoms with Crippen LogP contribution in [0.5, 0.6) is 0 Å². The van der Waals surface area contributed by atoms with E-state index in [0.717, 1.165) is 0 Å². The smallest absolute Gasteiger partial charge is 0.822 e. The molecule has 12 heavy (non-hydrogen) atoms. The second-order valence-corrected chi connectivity index (χ2v) is 2.68. The maximum atomic E-state index is 8.55. The molecule has 12 heteroatoms. The normalized spacial score (nSPS) is 9.83. The Morgan fingerprint density at radius 3 is 0.667 bits per heavy atom. The third kappa shape index (κ3) is 286. The average molecular weight is 321 g/mol. The molecule has 64 valence electrons. The third-order valence-electron chi connectivity index (χ3n) is 0. The van der Waals surface area contributed by atoms with Crippen molar-refractivity contribution < 1.29 is 64.7 Å². The summed E-state index contributed by atoms with van der Waals surface area (Å²) in [6.07, 6.45) is 0. The Labute approximate surface area is 117 Å². The number of hydrogen-bond acceptors (Lipinski definition) is 8. The van der Waals surface area contributed by atoms with Gasteiger partial charge < -0.3 is 38.5 Å². The van der Waals surface area contributed by atoms with Crippen LogP contribution in [-0.2, 0) is 35.3 Å². The van der Waals surface area contributed by atoms with Crippen molar-refractivity contribution >= 4 is 53.4 Å². The first-order chi connectivity index (χ1) is 4.00. The molecule has 0 heterocycles. The average Bonchev–Trinajstić information content (AvgIpc) is 1.12. The fourth-order valence-corrected chi connectivity index (χ4v) is 0. The van der Waals surface area contributed by atoms with Crippen LogP contribution in [0, 0.1) is 0 Å². The van der Waals surface area contributed by atoms with Crippen molar-refractivity contribution in [3.05, 3.63) is 0 Å². The maximum absolute atomic E-state index is 8.55. The summed E-state index contributed by atoms with van der Waals surface area (Å²) in [4.78, 5) is 51.3. The minimum absolute atomic E-state index is 0. The molecule has 0 saturated carbocycles. The van der Waals surface area contributed by atoms with Crippen molar-refractivity contribution in [3.8, 4) is 0 Å². The van der Waals surface area contributed by atoms with Crippen LogP contribution in [-0.4, -0.2) is 37.7 Å². The first-order valence-electron chi connectivity index (χ1n) is 1.46. The van der Waals surface area contributed by atoms with Gasteiger partial charge in [0.25, 0.3) is 0 Å². The van der Waals surface area contributed by atoms with Crippen LogP contribution in [0.4, 0.5) is 0 Å². The summed E-state index contributed by atoms with van der Waals surface area (Å²) in [7, 11) is -10.8. The molecule has 0 atom stereocenters. The van der Waals surface area contributed by atoms with E-state index in [2.05, 4.69) is 0 Å². The van der Waals surface area contributed by atoms with Gasteiger partial charge in [-0.2, -0.15) is 15.6 Å². The Kier molecular flexibility index (Phi) is 19.7. The molecule has 0 amide bonds. The standard InChI is InChI=1S/Ca.2H3O4P.Zr/c;2*1-5(2,3)4;/h;2*(H3,1,2,3,4);/q+2;;;+4/p-6. The van der Waals surface area contributed by atoms with E-state index in [1.807, 2.05) is 0 Å². The van der Waals surface area contributed by atoms with E-state index in [1.54, 1.807) is 0 Å². The molecule has 0 aliphatic carbocycles. The topological polar surface area (TPSA) is 172 Å². The van der Waals surface area contributed by atoms with Gasteiger partial charge in [0.1, 0.15) is 0 Å². The largest absolute Gasteiger partial charge is 4.00 e. The minimum Gasteiger partial charge on any atom is -0.822 e. The van der Waals surface area contributed by atoms with Crippen molar-refractivity contribution in [2.45, 2.75) is 0 Å². The van der Waals surface area contributed by atoms with Gasteiger partial charge >= 0.3 is 63.9 Å². The molecule has 0 fully saturated rings. The Morgan fingerprint density at radius 2 is 0.667 bits per heavy atom. The fourth-order valence-electron chi connectivity index (χ4n) is 0. The van der Waals surface area contributed by atoms with Crippen molar-refractivity contribution in [2.24, 2.45) is 0 Å². The first-order valence-corrected chi connectivity index (χ1v) is 4.38. The van der Waals surface area contributed by atoms with Crippen molar-refractivity contribution in [3.63, 3.8) is 0 Å². The van der Waals surface area contributed by atoms with Crippen molar-refractivity contribution in [1.82, 2.24) is 0 Å². The molecule has 0 N–H and O–H groups in total. The summed E-state index contributed by atoms with van der Waals surface area (Å²) in [6, 6.07) is 0. The van der Waals surface area contributed by atoms with Crippen molar-refractivity contribution in [1.29, 1.82) is 0 Å². The van der Waals surface area contributed by atoms with Crippen LogP contribution in [0.2, 0.25) is 0 Å². The van der Waals surface area contributed by atoms with E-state index < -0.39 is 15.6 Å². The summed E-state index contributed by atoms with van der Waals surface area (Å²) in [5, 5.41) is 0. The minimum atomic E-state index is -5.39. The molecule has 0 unspecified atom stereocenters. The fraction of sp³-hybridized carbons (Fsp3) is 0. The molecule has 8 nitrogen and oxygen atoms in total. The molecule has 0 aromatic carbocycles. The molecule has 0 spiro atoms. The Bertz CT molecular complexity index is 129. The van der Waals surface area contributed by atoms with Crippen LogP contribution in [0.25, 0.3) is 0 Å². The Balaban J connectivity index is -0.0000000457. The SMILES string of the molecule is O=P([O-])([O-])[O-].O=P([O-])([O-])[O-].[Ca+2].[Zr+4]. The van der Waals surface area contributed by atoms with Gasteiger partial charge in [0.15, 0.2) is 0 Å². The molecule has 0 aliphatic heterocycles. The van der Waals surface area contributed by atoms with Crippen LogP contribution >= 0.6 is 15.6 Å². The number of rotatable bonds is 0. The van der Waals surface area contributed by atoms with Gasteiger partial charge in [0.05, 0.1) is 0 Å². The second-order valence-electron chi connectivity index (χ2n) is 0.894. The molecular formula is CaO8P2Zr. The van der Waals surface area contributed by atoms with E-state index in [-0.39, 0.29) is 63.9 Å². The molecular weight excluding hydrogens is 321 g/mol. The molecule has 0 aromatic heterocycles. The molecule has 0 aromatic rings. The van der Waals surface area contributed by atoms with Gasteiger partial charge in [-0.15, -0.1) is 0 Å². The van der Waals surface area contributed by atoms with Gasteiger partial charge in [-0.1, -0.05) is 0 Å². The van der Waals surface area contributed by atoms with Crippen LogP contribution in [0.1, 0.15) is 0 Å². The molecule has 0 radical (unpaired) electrons. The van der Waals surface area contributed by atoms with Crippen molar-refractivity contribution in [2.75, 3.05) is 0 Å². The first kappa shape index (κ1) is 23.9. The Morgan fingerprint density at radius 1 is 0.667 bits per heavy atom. The van der Waals surface area contributed by atoms with Crippen LogP contribution in [0.15, 0.2) is 0 Å². The zero-order valence-corrected chi connectivity index (χ0v) is 11.8. The van der Waals surface area contributed by atoms with E-state index in [0.29, 0.717) is 0 Å². The van der Waals surface area contributed by atoms with E-state index in [4.69, 9.17) is 38.5 Å². The molecule has 0 rings (SSSR count). The van der Waals surface area contributed by atoms with Gasteiger partial charge in [0, 0.05) is 0 Å². The Hall–Kier alpha value is 2.36. The van der Waals surface area contributed by atoms with E-state index >= 15 is 0 Å². The molecule has 0 aliphatic rings. The predicted octanol–water partition coefficient (Wildman–Crippen LogP) is -6.03. The predicted molar refractivity (Wildman–Crippen MR) is 21.0 cm³/mol.